The maximum Gasteiger partial charge on any atom is 0.240 e. The van der Waals surface area contributed by atoms with Gasteiger partial charge in [-0.1, -0.05) is 30.9 Å². The van der Waals surface area contributed by atoms with E-state index >= 15 is 0 Å². The largest absolute Gasteiger partial charge is 0.355 e. The molecule has 1 heterocycles. The quantitative estimate of drug-likeness (QED) is 0.654. The van der Waals surface area contributed by atoms with Crippen LogP contribution < -0.4 is 5.32 Å². The first-order chi connectivity index (χ1) is 9.77. The molecule has 6 nitrogen and oxygen atoms in total. The molecule has 1 aromatic heterocycles. The van der Waals surface area contributed by atoms with Gasteiger partial charge in [-0.2, -0.15) is 5.26 Å². The zero-order chi connectivity index (χ0) is 14.3. The van der Waals surface area contributed by atoms with Crippen LogP contribution in [0.3, 0.4) is 0 Å². The van der Waals surface area contributed by atoms with Crippen LogP contribution in [0, 0.1) is 16.7 Å². The van der Waals surface area contributed by atoms with Crippen molar-refractivity contribution in [1.82, 2.24) is 20.3 Å². The molecule has 1 aliphatic rings. The van der Waals surface area contributed by atoms with Crippen molar-refractivity contribution >= 4 is 5.91 Å². The summed E-state index contributed by atoms with van der Waals surface area (Å²) in [5, 5.41) is 19.9. The van der Waals surface area contributed by atoms with Gasteiger partial charge < -0.3 is 5.32 Å². The summed E-state index contributed by atoms with van der Waals surface area (Å²) in [6, 6.07) is 2.27. The smallest absolute Gasteiger partial charge is 0.240 e. The Bertz CT molecular complexity index is 454. The van der Waals surface area contributed by atoms with Crippen LogP contribution in [-0.4, -0.2) is 27.4 Å². The Labute approximate surface area is 119 Å². The molecule has 0 atom stereocenters. The van der Waals surface area contributed by atoms with Crippen molar-refractivity contribution in [1.29, 1.82) is 5.26 Å². The van der Waals surface area contributed by atoms with Crippen LogP contribution in [0.1, 0.15) is 44.9 Å². The van der Waals surface area contributed by atoms with Crippen molar-refractivity contribution in [2.75, 3.05) is 6.54 Å². The van der Waals surface area contributed by atoms with E-state index in [1.807, 2.05) is 0 Å². The predicted molar refractivity (Wildman–Crippen MR) is 73.4 cm³/mol. The lowest BCUT2D eigenvalue weighted by Gasteiger charge is -2.23. The Balaban J connectivity index is 1.79. The number of aromatic nitrogens is 3. The molecule has 1 saturated carbocycles. The molecule has 1 amide bonds. The van der Waals surface area contributed by atoms with Gasteiger partial charge in [-0.05, 0) is 19.3 Å². The summed E-state index contributed by atoms with van der Waals surface area (Å²) in [6.07, 6.45) is 9.80. The molecular weight excluding hydrogens is 254 g/mol. The second kappa shape index (κ2) is 7.04. The molecule has 0 aromatic carbocycles. The van der Waals surface area contributed by atoms with Crippen LogP contribution in [0.25, 0.3) is 0 Å². The number of rotatable bonds is 5. The zero-order valence-electron chi connectivity index (χ0n) is 11.7. The summed E-state index contributed by atoms with van der Waals surface area (Å²) in [7, 11) is 0. The van der Waals surface area contributed by atoms with Crippen molar-refractivity contribution in [2.24, 2.45) is 5.41 Å². The highest BCUT2D eigenvalue weighted by molar-refractivity contribution is 5.85. The predicted octanol–water partition coefficient (Wildman–Crippen LogP) is 1.65. The molecule has 108 valence electrons. The van der Waals surface area contributed by atoms with Crippen molar-refractivity contribution in [2.45, 2.75) is 51.5 Å². The first-order valence-corrected chi connectivity index (χ1v) is 7.30. The average Bonchev–Trinajstić information content (AvgIpc) is 2.86. The van der Waals surface area contributed by atoms with E-state index in [2.05, 4.69) is 21.7 Å². The molecule has 1 aromatic rings. The summed E-state index contributed by atoms with van der Waals surface area (Å²) >= 11 is 0. The molecule has 0 radical (unpaired) electrons. The Hall–Kier alpha value is -1.90. The minimum absolute atomic E-state index is 0.0968. The fraction of sp³-hybridized carbons (Fsp3) is 0.714. The van der Waals surface area contributed by atoms with Crippen LogP contribution in [0.2, 0.25) is 0 Å². The van der Waals surface area contributed by atoms with E-state index in [4.69, 9.17) is 0 Å². The van der Waals surface area contributed by atoms with Gasteiger partial charge in [0.1, 0.15) is 5.41 Å². The van der Waals surface area contributed by atoms with E-state index in [1.54, 1.807) is 17.1 Å². The molecule has 0 unspecified atom stereocenters. The van der Waals surface area contributed by atoms with Gasteiger partial charge in [0.05, 0.1) is 12.3 Å². The van der Waals surface area contributed by atoms with E-state index < -0.39 is 5.41 Å². The number of carbonyl (C=O) groups excluding carboxylic acids is 1. The number of carbonyl (C=O) groups is 1. The minimum Gasteiger partial charge on any atom is -0.355 e. The lowest BCUT2D eigenvalue weighted by Crippen LogP contribution is -2.40. The number of amides is 1. The minimum atomic E-state index is -0.802. The first kappa shape index (κ1) is 14.5. The van der Waals surface area contributed by atoms with E-state index in [9.17, 15) is 10.1 Å². The Morgan fingerprint density at radius 2 is 2.10 bits per heavy atom. The summed E-state index contributed by atoms with van der Waals surface area (Å²) in [5.74, 6) is -0.0968. The second-order valence-corrected chi connectivity index (χ2v) is 5.38. The molecule has 0 spiro atoms. The number of aryl methyl sites for hydroxylation is 1. The normalized spacial score (nSPS) is 17.9. The topological polar surface area (TPSA) is 83.6 Å². The molecule has 20 heavy (non-hydrogen) atoms. The summed E-state index contributed by atoms with van der Waals surface area (Å²) in [5.41, 5.74) is -0.802. The van der Waals surface area contributed by atoms with Gasteiger partial charge in [0.2, 0.25) is 5.91 Å². The molecule has 0 bridgehead atoms. The highest BCUT2D eigenvalue weighted by atomic mass is 16.2. The van der Waals surface area contributed by atoms with Crippen molar-refractivity contribution in [3.63, 3.8) is 0 Å². The Morgan fingerprint density at radius 3 is 2.70 bits per heavy atom. The van der Waals surface area contributed by atoms with E-state index in [1.165, 1.54) is 0 Å². The third-order valence-corrected chi connectivity index (χ3v) is 3.93. The first-order valence-electron chi connectivity index (χ1n) is 7.30. The molecule has 1 N–H and O–H groups in total. The molecular formula is C14H21N5O. The summed E-state index contributed by atoms with van der Waals surface area (Å²) in [4.78, 5) is 12.3. The molecule has 0 aliphatic heterocycles. The van der Waals surface area contributed by atoms with Gasteiger partial charge in [-0.25, -0.2) is 0 Å². The Morgan fingerprint density at radius 1 is 1.35 bits per heavy atom. The second-order valence-electron chi connectivity index (χ2n) is 5.38. The SMILES string of the molecule is N#CC1(C(=O)NCCCn2ccnn2)CCCCCC1. The van der Waals surface area contributed by atoms with Gasteiger partial charge >= 0.3 is 0 Å². The van der Waals surface area contributed by atoms with E-state index in [-0.39, 0.29) is 5.91 Å². The fourth-order valence-electron chi connectivity index (χ4n) is 2.69. The highest BCUT2D eigenvalue weighted by Crippen LogP contribution is 2.34. The number of nitrogens with one attached hydrogen (secondary N) is 1. The lowest BCUT2D eigenvalue weighted by molar-refractivity contribution is -0.128. The molecule has 6 heteroatoms. The van der Waals surface area contributed by atoms with Crippen molar-refractivity contribution < 1.29 is 4.79 Å². The van der Waals surface area contributed by atoms with E-state index in [0.29, 0.717) is 19.4 Å². The summed E-state index contributed by atoms with van der Waals surface area (Å²) in [6.45, 7) is 1.29. The highest BCUT2D eigenvalue weighted by Gasteiger charge is 2.38. The third kappa shape index (κ3) is 3.56. The van der Waals surface area contributed by atoms with Gasteiger partial charge in [0, 0.05) is 19.3 Å². The van der Waals surface area contributed by atoms with Gasteiger partial charge in [0.25, 0.3) is 0 Å². The monoisotopic (exact) mass is 275 g/mol. The van der Waals surface area contributed by atoms with Crippen LogP contribution in [0.5, 0.6) is 0 Å². The number of nitriles is 1. The van der Waals surface area contributed by atoms with Crippen LogP contribution >= 0.6 is 0 Å². The molecule has 2 rings (SSSR count). The van der Waals surface area contributed by atoms with Gasteiger partial charge in [-0.3, -0.25) is 9.48 Å². The van der Waals surface area contributed by atoms with Crippen molar-refractivity contribution in [3.05, 3.63) is 12.4 Å². The molecule has 1 fully saturated rings. The zero-order valence-corrected chi connectivity index (χ0v) is 11.7. The van der Waals surface area contributed by atoms with E-state index in [0.717, 1.165) is 38.6 Å². The number of hydrogen-bond donors (Lipinski definition) is 1. The van der Waals surface area contributed by atoms with Crippen LogP contribution in [0.4, 0.5) is 0 Å². The number of nitrogens with zero attached hydrogens (tertiary/aromatic N) is 4. The fourth-order valence-corrected chi connectivity index (χ4v) is 2.69. The summed E-state index contributed by atoms with van der Waals surface area (Å²) < 4.78 is 1.73. The van der Waals surface area contributed by atoms with Crippen molar-refractivity contribution in [3.8, 4) is 6.07 Å². The van der Waals surface area contributed by atoms with Gasteiger partial charge in [-0.15, -0.1) is 5.10 Å². The Kier molecular flexibility index (Phi) is 5.10. The average molecular weight is 275 g/mol. The van der Waals surface area contributed by atoms with Gasteiger partial charge in [0.15, 0.2) is 0 Å². The number of hydrogen-bond acceptors (Lipinski definition) is 4. The third-order valence-electron chi connectivity index (χ3n) is 3.93. The lowest BCUT2D eigenvalue weighted by atomic mass is 9.81. The standard InChI is InChI=1S/C14H21N5O/c15-12-14(6-3-1-2-4-7-14)13(20)16-8-5-10-19-11-9-17-18-19/h9,11H,1-8,10H2,(H,16,20). The molecule has 0 saturated heterocycles. The van der Waals surface area contributed by atoms with Crippen LogP contribution in [-0.2, 0) is 11.3 Å². The maximum atomic E-state index is 12.3. The molecule has 1 aliphatic carbocycles. The maximum absolute atomic E-state index is 12.3. The van der Waals surface area contributed by atoms with Crippen LogP contribution in [0.15, 0.2) is 12.4 Å².